The molecular formula is C20H18ClNO2. The van der Waals surface area contributed by atoms with Crippen LogP contribution >= 0.6 is 11.6 Å². The zero-order valence-corrected chi connectivity index (χ0v) is 14.4. The van der Waals surface area contributed by atoms with Crippen LogP contribution in [-0.2, 0) is 6.42 Å². The van der Waals surface area contributed by atoms with E-state index in [0.29, 0.717) is 17.0 Å². The highest BCUT2D eigenvalue weighted by atomic mass is 35.5. The quantitative estimate of drug-likeness (QED) is 0.868. The number of Topliss-reactive ketones (excluding diaryl/α,β-unsaturated/α-hetero) is 2. The predicted octanol–water partition coefficient (Wildman–Crippen LogP) is 4.83. The van der Waals surface area contributed by atoms with Crippen molar-refractivity contribution in [1.29, 1.82) is 0 Å². The lowest BCUT2D eigenvalue weighted by Gasteiger charge is -2.19. The smallest absolute Gasteiger partial charge is 0.211 e. The molecule has 3 nitrogen and oxygen atoms in total. The Kier molecular flexibility index (Phi) is 4.54. The number of hydrogen-bond donors (Lipinski definition) is 1. The average Bonchev–Trinajstić information content (AvgIpc) is 2.58. The number of hydrogen-bond acceptors (Lipinski definition) is 3. The largest absolute Gasteiger partial charge is 0.351 e. The van der Waals surface area contributed by atoms with Gasteiger partial charge in [0, 0.05) is 16.8 Å². The minimum absolute atomic E-state index is 0.0649. The number of carbonyl (C=O) groups excluding carboxylic acids is 2. The second kappa shape index (κ2) is 6.62. The molecule has 24 heavy (non-hydrogen) atoms. The summed E-state index contributed by atoms with van der Waals surface area (Å²) < 4.78 is 0. The summed E-state index contributed by atoms with van der Waals surface area (Å²) in [6.45, 7) is 4.33. The summed E-state index contributed by atoms with van der Waals surface area (Å²) in [5, 5.41) is 2.94. The number of allylic oxidation sites excluding steroid dienone is 2. The third-order valence-electron chi connectivity index (χ3n) is 3.93. The molecule has 1 aliphatic carbocycles. The third-order valence-corrected chi connectivity index (χ3v) is 4.29. The highest BCUT2D eigenvalue weighted by Crippen LogP contribution is 2.29. The molecule has 0 aromatic heterocycles. The molecule has 0 saturated carbocycles. The molecule has 0 fully saturated rings. The van der Waals surface area contributed by atoms with E-state index < -0.39 is 0 Å². The molecule has 4 heteroatoms. The first kappa shape index (κ1) is 16.5. The van der Waals surface area contributed by atoms with Gasteiger partial charge in [0.15, 0.2) is 0 Å². The van der Waals surface area contributed by atoms with Crippen LogP contribution in [0.25, 0.3) is 0 Å². The van der Waals surface area contributed by atoms with Gasteiger partial charge >= 0.3 is 0 Å². The van der Waals surface area contributed by atoms with Crippen molar-refractivity contribution in [2.75, 3.05) is 5.32 Å². The van der Waals surface area contributed by atoms with Gasteiger partial charge in [0.25, 0.3) is 0 Å². The summed E-state index contributed by atoms with van der Waals surface area (Å²) in [6, 6.07) is 14.5. The molecule has 0 heterocycles. The fourth-order valence-electron chi connectivity index (χ4n) is 2.80. The maximum absolute atomic E-state index is 12.6. The summed E-state index contributed by atoms with van der Waals surface area (Å²) in [7, 11) is 0. The zero-order valence-electron chi connectivity index (χ0n) is 13.6. The van der Waals surface area contributed by atoms with Gasteiger partial charge in [-0.1, -0.05) is 61.8 Å². The monoisotopic (exact) mass is 339 g/mol. The van der Waals surface area contributed by atoms with Gasteiger partial charge < -0.3 is 5.32 Å². The van der Waals surface area contributed by atoms with Crippen LogP contribution in [-0.4, -0.2) is 11.6 Å². The lowest BCUT2D eigenvalue weighted by Crippen LogP contribution is -2.24. The topological polar surface area (TPSA) is 46.2 Å². The third kappa shape index (κ3) is 3.13. The van der Waals surface area contributed by atoms with Crippen molar-refractivity contribution in [2.45, 2.75) is 20.3 Å². The lowest BCUT2D eigenvalue weighted by atomic mass is 9.92. The standard InChI is InChI=1S/C20H18ClNO2/c1-12(2)11-13-7-9-14(10-8-13)22-18-17(21)19(23)15-5-3-4-6-16(15)20(18)24/h3-10,12,22H,11H2,1-2H3. The second-order valence-electron chi connectivity index (χ2n) is 6.31. The summed E-state index contributed by atoms with van der Waals surface area (Å²) in [5.41, 5.74) is 2.83. The van der Waals surface area contributed by atoms with Crippen molar-refractivity contribution in [3.05, 3.63) is 76.0 Å². The fourth-order valence-corrected chi connectivity index (χ4v) is 3.03. The van der Waals surface area contributed by atoms with Gasteiger partial charge in [-0.2, -0.15) is 0 Å². The number of fused-ring (bicyclic) bond motifs is 1. The Labute approximate surface area is 146 Å². The van der Waals surface area contributed by atoms with Gasteiger partial charge in [-0.15, -0.1) is 0 Å². The van der Waals surface area contributed by atoms with Gasteiger partial charge in [0.05, 0.1) is 0 Å². The Balaban J connectivity index is 1.88. The summed E-state index contributed by atoms with van der Waals surface area (Å²) >= 11 is 6.15. The van der Waals surface area contributed by atoms with Crippen LogP contribution in [0.15, 0.2) is 59.3 Å². The Morgan fingerprint density at radius 1 is 0.917 bits per heavy atom. The Hall–Kier alpha value is -2.39. The number of anilines is 1. The fraction of sp³-hybridized carbons (Fsp3) is 0.200. The molecule has 0 amide bonds. The van der Waals surface area contributed by atoms with E-state index in [1.54, 1.807) is 24.3 Å². The van der Waals surface area contributed by atoms with Gasteiger partial charge in [-0.25, -0.2) is 0 Å². The van der Waals surface area contributed by atoms with Crippen LogP contribution in [0, 0.1) is 5.92 Å². The van der Waals surface area contributed by atoms with E-state index in [1.165, 1.54) is 5.56 Å². The molecule has 0 atom stereocenters. The van der Waals surface area contributed by atoms with E-state index in [9.17, 15) is 9.59 Å². The highest BCUT2D eigenvalue weighted by molar-refractivity contribution is 6.50. The first-order valence-electron chi connectivity index (χ1n) is 7.91. The van der Waals surface area contributed by atoms with E-state index in [4.69, 9.17) is 11.6 Å². The van der Waals surface area contributed by atoms with Crippen LogP contribution in [0.2, 0.25) is 0 Å². The van der Waals surface area contributed by atoms with Crippen LogP contribution in [0.4, 0.5) is 5.69 Å². The van der Waals surface area contributed by atoms with Crippen molar-refractivity contribution in [1.82, 2.24) is 0 Å². The van der Waals surface area contributed by atoms with Crippen molar-refractivity contribution in [2.24, 2.45) is 5.92 Å². The van der Waals surface area contributed by atoms with Crippen LogP contribution in [0.3, 0.4) is 0 Å². The number of benzene rings is 2. The van der Waals surface area contributed by atoms with Gasteiger partial charge in [0.2, 0.25) is 11.6 Å². The number of halogens is 1. The zero-order chi connectivity index (χ0) is 17.3. The molecule has 1 aliphatic rings. The van der Waals surface area contributed by atoms with E-state index >= 15 is 0 Å². The molecule has 0 bridgehead atoms. The molecule has 0 unspecified atom stereocenters. The SMILES string of the molecule is CC(C)Cc1ccc(NC2=C(Cl)C(=O)c3ccccc3C2=O)cc1. The summed E-state index contributed by atoms with van der Waals surface area (Å²) in [6.07, 6.45) is 0.995. The van der Waals surface area contributed by atoms with E-state index in [0.717, 1.165) is 12.1 Å². The Morgan fingerprint density at radius 3 is 2.08 bits per heavy atom. The Bertz CT molecular complexity index is 835. The molecule has 0 spiro atoms. The molecule has 0 saturated heterocycles. The predicted molar refractivity (Wildman–Crippen MR) is 96.6 cm³/mol. The van der Waals surface area contributed by atoms with Crippen molar-refractivity contribution >= 4 is 28.9 Å². The average molecular weight is 340 g/mol. The molecule has 122 valence electrons. The van der Waals surface area contributed by atoms with Crippen LogP contribution in [0.1, 0.15) is 40.1 Å². The molecule has 0 radical (unpaired) electrons. The van der Waals surface area contributed by atoms with Crippen molar-refractivity contribution in [3.63, 3.8) is 0 Å². The first-order valence-corrected chi connectivity index (χ1v) is 8.29. The molecule has 0 aliphatic heterocycles. The van der Waals surface area contributed by atoms with E-state index in [-0.39, 0.29) is 22.3 Å². The highest BCUT2D eigenvalue weighted by Gasteiger charge is 2.31. The normalized spacial score (nSPS) is 14.2. The van der Waals surface area contributed by atoms with Crippen LogP contribution in [0.5, 0.6) is 0 Å². The van der Waals surface area contributed by atoms with Crippen molar-refractivity contribution in [3.8, 4) is 0 Å². The lowest BCUT2D eigenvalue weighted by molar-refractivity contribution is 0.0982. The molecule has 1 N–H and O–H groups in total. The minimum atomic E-state index is -0.328. The molecule has 3 rings (SSSR count). The minimum Gasteiger partial charge on any atom is -0.351 e. The second-order valence-corrected chi connectivity index (χ2v) is 6.69. The maximum atomic E-state index is 12.6. The number of rotatable bonds is 4. The number of nitrogens with one attached hydrogen (secondary N) is 1. The number of ketones is 2. The molecular weight excluding hydrogens is 322 g/mol. The number of carbonyl (C=O) groups is 2. The summed E-state index contributed by atoms with van der Waals surface area (Å²) in [5.74, 6) is -0.0118. The molecule has 2 aromatic rings. The van der Waals surface area contributed by atoms with Gasteiger partial charge in [-0.3, -0.25) is 9.59 Å². The van der Waals surface area contributed by atoms with Gasteiger partial charge in [-0.05, 0) is 30.0 Å². The maximum Gasteiger partial charge on any atom is 0.211 e. The van der Waals surface area contributed by atoms with Crippen LogP contribution < -0.4 is 5.32 Å². The van der Waals surface area contributed by atoms with E-state index in [2.05, 4.69) is 19.2 Å². The van der Waals surface area contributed by atoms with Gasteiger partial charge in [0.1, 0.15) is 10.7 Å². The van der Waals surface area contributed by atoms with E-state index in [1.807, 2.05) is 24.3 Å². The first-order chi connectivity index (χ1) is 11.5. The van der Waals surface area contributed by atoms with Crippen molar-refractivity contribution < 1.29 is 9.59 Å². The molecule has 2 aromatic carbocycles. The summed E-state index contributed by atoms with van der Waals surface area (Å²) in [4.78, 5) is 25.0. The Morgan fingerprint density at radius 2 is 1.50 bits per heavy atom.